The Kier molecular flexibility index (Phi) is 4.00. The van der Waals surface area contributed by atoms with E-state index in [0.29, 0.717) is 18.5 Å². The quantitative estimate of drug-likeness (QED) is 0.855. The number of aryl methyl sites for hydroxylation is 1. The van der Waals surface area contributed by atoms with Gasteiger partial charge >= 0.3 is 0 Å². The molecule has 3 atom stereocenters. The fourth-order valence-corrected chi connectivity index (χ4v) is 3.49. The molecule has 0 radical (unpaired) electrons. The smallest absolute Gasteiger partial charge is 0.237 e. The number of hydrogen-bond acceptors (Lipinski definition) is 4. The van der Waals surface area contributed by atoms with Gasteiger partial charge < -0.3 is 15.2 Å². The number of carbonyl (C=O) groups is 1. The predicted molar refractivity (Wildman–Crippen MR) is 74.8 cm³/mol. The molecule has 6 nitrogen and oxygen atoms in total. The first kappa shape index (κ1) is 13.5. The Morgan fingerprint density at radius 2 is 2.35 bits per heavy atom. The number of rotatable bonds is 4. The van der Waals surface area contributed by atoms with Crippen LogP contribution in [0.3, 0.4) is 0 Å². The topological polar surface area (TPSA) is 71.8 Å². The predicted octanol–water partition coefficient (Wildman–Crippen LogP) is 0.835. The van der Waals surface area contributed by atoms with Gasteiger partial charge in [0.05, 0.1) is 12.6 Å². The molecule has 3 rings (SSSR count). The summed E-state index contributed by atoms with van der Waals surface area (Å²) in [6.45, 7) is 3.32. The van der Waals surface area contributed by atoms with Crippen LogP contribution in [0, 0.1) is 5.92 Å². The molecule has 20 heavy (non-hydrogen) atoms. The monoisotopic (exact) mass is 277 g/mol. The molecular weight excluding hydrogens is 254 g/mol. The minimum absolute atomic E-state index is 0.0268. The molecule has 0 bridgehead atoms. The van der Waals surface area contributed by atoms with Gasteiger partial charge in [0.15, 0.2) is 5.82 Å². The van der Waals surface area contributed by atoms with E-state index in [1.807, 2.05) is 11.5 Å². The number of aromatic nitrogens is 3. The number of carbonyl (C=O) groups excluding carboxylic acids is 1. The summed E-state index contributed by atoms with van der Waals surface area (Å²) < 4.78 is 1.95. The Balaban J connectivity index is 1.52. The zero-order valence-corrected chi connectivity index (χ0v) is 12.0. The summed E-state index contributed by atoms with van der Waals surface area (Å²) in [6, 6.07) is 0.528. The normalized spacial score (nSPS) is 29.1. The fraction of sp³-hybridized carbons (Fsp3) is 0.786. The highest BCUT2D eigenvalue weighted by Gasteiger charge is 2.38. The average molecular weight is 277 g/mol. The maximum absolute atomic E-state index is 12.3. The van der Waals surface area contributed by atoms with Crippen LogP contribution < -0.4 is 10.6 Å². The van der Waals surface area contributed by atoms with Gasteiger partial charge in [-0.25, -0.2) is 0 Å². The van der Waals surface area contributed by atoms with Crippen molar-refractivity contribution in [3.8, 4) is 0 Å². The lowest BCUT2D eigenvalue weighted by atomic mass is 9.85. The van der Waals surface area contributed by atoms with Gasteiger partial charge in [-0.05, 0) is 32.1 Å². The molecule has 2 N–H and O–H groups in total. The van der Waals surface area contributed by atoms with Crippen molar-refractivity contribution in [2.75, 3.05) is 0 Å². The van der Waals surface area contributed by atoms with E-state index in [0.717, 1.165) is 18.8 Å². The molecule has 1 saturated carbocycles. The third-order valence-electron chi connectivity index (χ3n) is 4.64. The molecule has 2 heterocycles. The molecule has 2 aliphatic rings. The maximum Gasteiger partial charge on any atom is 0.237 e. The molecule has 6 heteroatoms. The van der Waals surface area contributed by atoms with Crippen LogP contribution in [0.1, 0.15) is 44.9 Å². The molecule has 1 saturated heterocycles. The number of nitrogens with zero attached hydrogens (tertiary/aromatic N) is 3. The van der Waals surface area contributed by atoms with Gasteiger partial charge in [0, 0.05) is 12.6 Å². The first-order valence-corrected chi connectivity index (χ1v) is 7.68. The van der Waals surface area contributed by atoms with Gasteiger partial charge in [-0.2, -0.15) is 0 Å². The molecule has 0 aromatic carbocycles. The van der Waals surface area contributed by atoms with Crippen molar-refractivity contribution in [3.63, 3.8) is 0 Å². The third kappa shape index (κ3) is 2.70. The standard InChI is InChI=1S/C14H23N5O/c1-2-19-9-16-18-13(19)8-15-14(20)12-7-10-5-3-4-6-11(10)17-12/h9-12,17H,2-8H2,1H3,(H,15,20). The van der Waals surface area contributed by atoms with Gasteiger partial charge in [-0.3, -0.25) is 4.79 Å². The second kappa shape index (κ2) is 5.91. The molecule has 3 unspecified atom stereocenters. The molecule has 1 aliphatic carbocycles. The zero-order valence-electron chi connectivity index (χ0n) is 12.0. The molecule has 1 amide bonds. The van der Waals surface area contributed by atoms with Crippen molar-refractivity contribution in [1.29, 1.82) is 0 Å². The van der Waals surface area contributed by atoms with E-state index >= 15 is 0 Å². The Morgan fingerprint density at radius 3 is 3.15 bits per heavy atom. The van der Waals surface area contributed by atoms with Gasteiger partial charge in [-0.1, -0.05) is 12.8 Å². The van der Waals surface area contributed by atoms with Crippen LogP contribution in [0.5, 0.6) is 0 Å². The minimum Gasteiger partial charge on any atom is -0.347 e. The summed E-state index contributed by atoms with van der Waals surface area (Å²) in [5.41, 5.74) is 0. The summed E-state index contributed by atoms with van der Waals surface area (Å²) >= 11 is 0. The summed E-state index contributed by atoms with van der Waals surface area (Å²) in [7, 11) is 0. The van der Waals surface area contributed by atoms with Crippen molar-refractivity contribution in [3.05, 3.63) is 12.2 Å². The number of fused-ring (bicyclic) bond motifs is 1. The summed E-state index contributed by atoms with van der Waals surface area (Å²) in [4.78, 5) is 12.3. The molecule has 2 fully saturated rings. The van der Waals surface area contributed by atoms with E-state index < -0.39 is 0 Å². The minimum atomic E-state index is -0.0268. The SMILES string of the molecule is CCn1cnnc1CNC(=O)C1CC2CCCCC2N1. The van der Waals surface area contributed by atoms with E-state index in [1.165, 1.54) is 25.7 Å². The molecule has 1 aromatic heterocycles. The lowest BCUT2D eigenvalue weighted by Gasteiger charge is -2.24. The lowest BCUT2D eigenvalue weighted by Crippen LogP contribution is -2.43. The van der Waals surface area contributed by atoms with E-state index in [-0.39, 0.29) is 11.9 Å². The van der Waals surface area contributed by atoms with Crippen LogP contribution in [-0.4, -0.2) is 32.8 Å². The molecule has 110 valence electrons. The van der Waals surface area contributed by atoms with E-state index in [4.69, 9.17) is 0 Å². The van der Waals surface area contributed by atoms with Crippen LogP contribution in [0.4, 0.5) is 0 Å². The maximum atomic E-state index is 12.3. The largest absolute Gasteiger partial charge is 0.347 e. The van der Waals surface area contributed by atoms with Gasteiger partial charge in [0.25, 0.3) is 0 Å². The molecule has 0 spiro atoms. The second-order valence-electron chi connectivity index (χ2n) is 5.86. The highest BCUT2D eigenvalue weighted by molar-refractivity contribution is 5.82. The summed E-state index contributed by atoms with van der Waals surface area (Å²) in [6.07, 6.45) is 7.78. The van der Waals surface area contributed by atoms with E-state index in [1.54, 1.807) is 6.33 Å². The van der Waals surface area contributed by atoms with Gasteiger partial charge in [0.2, 0.25) is 5.91 Å². The highest BCUT2D eigenvalue weighted by atomic mass is 16.2. The van der Waals surface area contributed by atoms with Crippen molar-refractivity contribution in [2.45, 2.75) is 64.2 Å². The van der Waals surface area contributed by atoms with E-state index in [2.05, 4.69) is 20.8 Å². The van der Waals surface area contributed by atoms with Crippen LogP contribution in [-0.2, 0) is 17.9 Å². The van der Waals surface area contributed by atoms with Crippen LogP contribution in [0.25, 0.3) is 0 Å². The van der Waals surface area contributed by atoms with E-state index in [9.17, 15) is 4.79 Å². The third-order valence-corrected chi connectivity index (χ3v) is 4.64. The first-order valence-electron chi connectivity index (χ1n) is 7.68. The second-order valence-corrected chi connectivity index (χ2v) is 5.86. The number of nitrogens with one attached hydrogen (secondary N) is 2. The Bertz CT molecular complexity index is 458. The first-order chi connectivity index (χ1) is 9.78. The fourth-order valence-electron chi connectivity index (χ4n) is 3.49. The van der Waals surface area contributed by atoms with Gasteiger partial charge in [0.1, 0.15) is 6.33 Å². The van der Waals surface area contributed by atoms with Crippen LogP contribution in [0.15, 0.2) is 6.33 Å². The Labute approximate surface area is 119 Å². The molecular formula is C14H23N5O. The number of hydrogen-bond donors (Lipinski definition) is 2. The van der Waals surface area contributed by atoms with Gasteiger partial charge in [-0.15, -0.1) is 10.2 Å². The van der Waals surface area contributed by atoms with Crippen molar-refractivity contribution in [2.24, 2.45) is 5.92 Å². The average Bonchev–Trinajstić information content (AvgIpc) is 3.10. The summed E-state index contributed by atoms with van der Waals surface area (Å²) in [5, 5.41) is 14.4. The van der Waals surface area contributed by atoms with Crippen molar-refractivity contribution in [1.82, 2.24) is 25.4 Å². The van der Waals surface area contributed by atoms with Crippen molar-refractivity contribution >= 4 is 5.91 Å². The van der Waals surface area contributed by atoms with Crippen LogP contribution in [0.2, 0.25) is 0 Å². The van der Waals surface area contributed by atoms with Crippen molar-refractivity contribution < 1.29 is 4.79 Å². The lowest BCUT2D eigenvalue weighted by molar-refractivity contribution is -0.123. The summed E-state index contributed by atoms with van der Waals surface area (Å²) in [5.74, 6) is 1.61. The molecule has 1 aromatic rings. The zero-order chi connectivity index (χ0) is 13.9. The molecule has 1 aliphatic heterocycles. The van der Waals surface area contributed by atoms with Crippen LogP contribution >= 0.6 is 0 Å². The Morgan fingerprint density at radius 1 is 1.50 bits per heavy atom. The Hall–Kier alpha value is -1.43. The number of amides is 1. The highest BCUT2D eigenvalue weighted by Crippen LogP contribution is 2.33.